The Labute approximate surface area is 166 Å². The number of hydrogen-bond acceptors (Lipinski definition) is 3. The second-order valence-corrected chi connectivity index (χ2v) is 5.94. The molecule has 128 valence electrons. The van der Waals surface area contributed by atoms with Gasteiger partial charge in [0.2, 0.25) is 0 Å². The Morgan fingerprint density at radius 3 is 2.08 bits per heavy atom. The molecule has 5 rings (SSSR count). The standard InChI is InChI=1S/C16H13N4.C5H5.Fe/c1-10-18-14-7-13-12(8-16(14)20(10)2)17-9-15(19-13)11-5-3-4-6-11;1-2-4-5-3-1;/h3-9H,1-2H3;1-5H;/q;;+2. The Kier molecular flexibility index (Phi) is 6.31. The Bertz CT molecular complexity index is 869. The molecular weight excluding hydrogens is 364 g/mol. The van der Waals surface area contributed by atoms with E-state index in [2.05, 4.69) is 14.5 Å². The van der Waals surface area contributed by atoms with Crippen LogP contribution in [-0.4, -0.2) is 19.5 Å². The number of imidazole rings is 1. The summed E-state index contributed by atoms with van der Waals surface area (Å²) >= 11 is 0. The number of fused-ring (bicyclic) bond motifs is 2. The van der Waals surface area contributed by atoms with Gasteiger partial charge in [0.05, 0.1) is 27.8 Å². The first-order chi connectivity index (χ1) is 12.2. The SMILES string of the molecule is Cc1nc2cc3nc([C]4[CH][CH][CH][CH]4)cnc3cc2n1C.[CH]1[CH][CH][CH][CH]1.[Fe+2]. The first-order valence-corrected chi connectivity index (χ1v) is 8.21. The Morgan fingerprint density at radius 2 is 1.42 bits per heavy atom. The second-order valence-electron chi connectivity index (χ2n) is 5.94. The van der Waals surface area contributed by atoms with Gasteiger partial charge in [0, 0.05) is 19.2 Å². The fraction of sp³-hybridized carbons (Fsp3) is 0.0952. The van der Waals surface area contributed by atoms with Crippen LogP contribution >= 0.6 is 0 Å². The van der Waals surface area contributed by atoms with Gasteiger partial charge in [-0.2, -0.15) is 0 Å². The third-order valence-corrected chi connectivity index (χ3v) is 4.28. The van der Waals surface area contributed by atoms with Crippen molar-refractivity contribution in [2.75, 3.05) is 0 Å². The molecule has 2 aliphatic carbocycles. The Balaban J connectivity index is 0.000000285. The monoisotopic (exact) mass is 382 g/mol. The zero-order valence-corrected chi connectivity index (χ0v) is 15.7. The van der Waals surface area contributed by atoms with E-state index in [0.29, 0.717) is 0 Å². The topological polar surface area (TPSA) is 43.6 Å². The molecule has 0 saturated heterocycles. The molecule has 0 bridgehead atoms. The minimum Gasteiger partial charge on any atom is -0.331 e. The summed E-state index contributed by atoms with van der Waals surface area (Å²) in [5, 5.41) is 0. The molecular formula is C21H18FeN4+2. The average Bonchev–Trinajstić information content (AvgIpc) is 3.38. The van der Waals surface area contributed by atoms with Crippen molar-refractivity contribution in [3.05, 3.63) is 93.6 Å². The molecule has 10 radical (unpaired) electrons. The molecule has 0 N–H and O–H groups in total. The predicted octanol–water partition coefficient (Wildman–Crippen LogP) is 3.60. The molecule has 1 aromatic carbocycles. The van der Waals surface area contributed by atoms with E-state index in [1.54, 1.807) is 0 Å². The van der Waals surface area contributed by atoms with Gasteiger partial charge in [-0.15, -0.1) is 0 Å². The smallest absolute Gasteiger partial charge is 0.331 e. The van der Waals surface area contributed by atoms with Gasteiger partial charge in [-0.05, 0) is 76.8 Å². The summed E-state index contributed by atoms with van der Waals surface area (Å²) < 4.78 is 2.07. The van der Waals surface area contributed by atoms with Crippen LogP contribution in [0, 0.1) is 70.6 Å². The van der Waals surface area contributed by atoms with Crippen molar-refractivity contribution < 1.29 is 17.1 Å². The molecule has 0 atom stereocenters. The van der Waals surface area contributed by atoms with Gasteiger partial charge in [-0.3, -0.25) is 4.98 Å². The molecule has 2 saturated carbocycles. The average molecular weight is 382 g/mol. The van der Waals surface area contributed by atoms with Crippen LogP contribution in [0.1, 0.15) is 11.5 Å². The van der Waals surface area contributed by atoms with Gasteiger partial charge in [0.1, 0.15) is 5.82 Å². The Morgan fingerprint density at radius 1 is 0.769 bits per heavy atom. The normalized spacial score (nSPS) is 17.3. The van der Waals surface area contributed by atoms with Crippen LogP contribution in [0.4, 0.5) is 0 Å². The van der Waals surface area contributed by atoms with Gasteiger partial charge < -0.3 is 4.57 Å². The third-order valence-electron chi connectivity index (χ3n) is 4.28. The van der Waals surface area contributed by atoms with Crippen molar-refractivity contribution >= 4 is 22.1 Å². The number of aryl methyl sites for hydroxylation is 2. The molecule has 3 aromatic rings. The summed E-state index contributed by atoms with van der Waals surface area (Å²) in [6.07, 6.45) is 19.9. The van der Waals surface area contributed by atoms with E-state index >= 15 is 0 Å². The summed E-state index contributed by atoms with van der Waals surface area (Å²) in [5.41, 5.74) is 4.73. The summed E-state index contributed by atoms with van der Waals surface area (Å²) in [6.45, 7) is 2.00. The van der Waals surface area contributed by atoms with E-state index in [1.165, 1.54) is 0 Å². The van der Waals surface area contributed by atoms with Gasteiger partial charge in [-0.25, -0.2) is 9.97 Å². The minimum absolute atomic E-state index is 0. The molecule has 0 unspecified atom stereocenters. The van der Waals surface area contributed by atoms with Crippen LogP contribution in [0.3, 0.4) is 0 Å². The van der Waals surface area contributed by atoms with E-state index < -0.39 is 0 Å². The summed E-state index contributed by atoms with van der Waals surface area (Å²) in [4.78, 5) is 13.8. The number of aromatic nitrogens is 4. The van der Waals surface area contributed by atoms with Gasteiger partial charge in [-0.1, -0.05) is 0 Å². The molecule has 0 spiro atoms. The van der Waals surface area contributed by atoms with Crippen molar-refractivity contribution in [1.82, 2.24) is 19.5 Å². The third kappa shape index (κ3) is 3.94. The van der Waals surface area contributed by atoms with Gasteiger partial charge in [0.25, 0.3) is 0 Å². The number of rotatable bonds is 1. The number of nitrogens with zero attached hydrogens (tertiary/aromatic N) is 4. The van der Waals surface area contributed by atoms with Gasteiger partial charge in [0.15, 0.2) is 0 Å². The molecule has 0 amide bonds. The van der Waals surface area contributed by atoms with Crippen molar-refractivity contribution in [2.45, 2.75) is 6.92 Å². The molecule has 5 heteroatoms. The van der Waals surface area contributed by atoms with Crippen LogP contribution in [0.15, 0.2) is 18.3 Å². The number of benzene rings is 1. The van der Waals surface area contributed by atoms with E-state index in [-0.39, 0.29) is 17.1 Å². The second kappa shape index (κ2) is 8.49. The fourth-order valence-corrected chi connectivity index (χ4v) is 2.82. The van der Waals surface area contributed by atoms with Crippen LogP contribution in [-0.2, 0) is 24.1 Å². The molecule has 0 aliphatic heterocycles. The van der Waals surface area contributed by atoms with E-state index in [0.717, 1.165) is 39.5 Å². The maximum Gasteiger partial charge on any atom is 2.00 e. The summed E-state index contributed by atoms with van der Waals surface area (Å²) in [7, 11) is 2.02. The predicted molar refractivity (Wildman–Crippen MR) is 99.6 cm³/mol. The van der Waals surface area contributed by atoms with Crippen LogP contribution in [0.25, 0.3) is 22.1 Å². The van der Waals surface area contributed by atoms with Crippen molar-refractivity contribution in [2.24, 2.45) is 7.05 Å². The number of hydrogen-bond donors (Lipinski definition) is 0. The molecule has 2 aromatic heterocycles. The Hall–Kier alpha value is -1.45. The summed E-state index contributed by atoms with van der Waals surface area (Å²) in [5.74, 6) is 2.09. The van der Waals surface area contributed by atoms with Crippen molar-refractivity contribution in [3.8, 4) is 0 Å². The van der Waals surface area contributed by atoms with E-state index in [4.69, 9.17) is 4.98 Å². The molecule has 2 heterocycles. The quantitative estimate of drug-likeness (QED) is 0.604. The first kappa shape index (κ1) is 19.3. The maximum absolute atomic E-state index is 4.69. The molecule has 26 heavy (non-hydrogen) atoms. The van der Waals surface area contributed by atoms with E-state index in [9.17, 15) is 0 Å². The van der Waals surface area contributed by atoms with E-state index in [1.807, 2.05) is 90.1 Å². The fourth-order valence-electron chi connectivity index (χ4n) is 2.82. The zero-order chi connectivity index (χ0) is 17.2. The van der Waals surface area contributed by atoms with Crippen molar-refractivity contribution in [3.63, 3.8) is 0 Å². The van der Waals surface area contributed by atoms with Crippen LogP contribution < -0.4 is 0 Å². The van der Waals surface area contributed by atoms with Gasteiger partial charge >= 0.3 is 17.1 Å². The maximum atomic E-state index is 4.69. The van der Waals surface area contributed by atoms with Crippen molar-refractivity contribution in [1.29, 1.82) is 0 Å². The molecule has 4 nitrogen and oxygen atoms in total. The van der Waals surface area contributed by atoms with Crippen LogP contribution in [0.5, 0.6) is 0 Å². The minimum atomic E-state index is 0. The first-order valence-electron chi connectivity index (χ1n) is 8.21. The zero-order valence-electron chi connectivity index (χ0n) is 14.6. The summed E-state index contributed by atoms with van der Waals surface area (Å²) in [6, 6.07) is 4.06. The molecule has 2 fully saturated rings. The largest absolute Gasteiger partial charge is 2.00 e. The van der Waals surface area contributed by atoms with Crippen LogP contribution in [0.2, 0.25) is 0 Å². The molecule has 2 aliphatic rings.